The van der Waals surface area contributed by atoms with Crippen molar-refractivity contribution in [3.8, 4) is 5.75 Å². The third-order valence-electron chi connectivity index (χ3n) is 3.86. The molecule has 0 N–H and O–H groups in total. The van der Waals surface area contributed by atoms with Crippen molar-refractivity contribution < 1.29 is 13.9 Å². The van der Waals surface area contributed by atoms with Gasteiger partial charge in [0.15, 0.2) is 11.6 Å². The minimum absolute atomic E-state index is 0.00989. The number of pyridine rings is 1. The summed E-state index contributed by atoms with van der Waals surface area (Å²) in [5.74, 6) is -0.805. The molecule has 0 saturated carbocycles. The fraction of sp³-hybridized carbons (Fsp3) is 0.333. The zero-order chi connectivity index (χ0) is 16.8. The predicted octanol–water partition coefficient (Wildman–Crippen LogP) is 3.67. The van der Waals surface area contributed by atoms with Gasteiger partial charge in [-0.15, -0.1) is 0 Å². The molecule has 0 bridgehead atoms. The Hall–Kier alpha value is -2.43. The molecule has 1 aromatic heterocycles. The largest absolute Gasteiger partial charge is 0.493 e. The predicted molar refractivity (Wildman–Crippen MR) is 86.8 cm³/mol. The number of amides is 1. The van der Waals surface area contributed by atoms with Crippen LogP contribution in [0.1, 0.15) is 36.2 Å². The molecule has 0 fully saturated rings. The molecule has 1 aromatic carbocycles. The van der Waals surface area contributed by atoms with E-state index in [1.807, 2.05) is 26.0 Å². The first kappa shape index (κ1) is 16.9. The van der Waals surface area contributed by atoms with Crippen LogP contribution in [0.2, 0.25) is 0 Å². The normalized spacial score (nSPS) is 11.8. The van der Waals surface area contributed by atoms with E-state index < -0.39 is 5.82 Å². The molecule has 0 aliphatic rings. The van der Waals surface area contributed by atoms with Crippen LogP contribution < -0.4 is 4.74 Å². The lowest BCUT2D eigenvalue weighted by Crippen LogP contribution is -2.38. The molecule has 0 radical (unpaired) electrons. The third-order valence-corrected chi connectivity index (χ3v) is 3.86. The number of para-hydroxylation sites is 1. The average Bonchev–Trinajstić information content (AvgIpc) is 2.59. The molecule has 2 aromatic rings. The van der Waals surface area contributed by atoms with Crippen molar-refractivity contribution in [3.05, 3.63) is 59.7 Å². The number of aromatic nitrogens is 1. The fourth-order valence-electron chi connectivity index (χ4n) is 2.38. The highest BCUT2D eigenvalue weighted by molar-refractivity contribution is 5.97. The van der Waals surface area contributed by atoms with Crippen LogP contribution in [0.3, 0.4) is 0 Å². The minimum atomic E-state index is -0.538. The smallest absolute Gasteiger partial charge is 0.258 e. The van der Waals surface area contributed by atoms with Crippen LogP contribution in [-0.4, -0.2) is 28.9 Å². The van der Waals surface area contributed by atoms with Crippen LogP contribution in [0, 0.1) is 5.82 Å². The summed E-state index contributed by atoms with van der Waals surface area (Å²) in [7, 11) is 1.36. The van der Waals surface area contributed by atoms with Gasteiger partial charge in [0, 0.05) is 25.0 Å². The lowest BCUT2D eigenvalue weighted by molar-refractivity contribution is 0.0667. The van der Waals surface area contributed by atoms with Gasteiger partial charge in [-0.1, -0.05) is 19.1 Å². The molecule has 122 valence electrons. The van der Waals surface area contributed by atoms with Gasteiger partial charge < -0.3 is 9.64 Å². The number of benzene rings is 1. The molecule has 2 rings (SSSR count). The first-order valence-electron chi connectivity index (χ1n) is 7.60. The van der Waals surface area contributed by atoms with Gasteiger partial charge >= 0.3 is 0 Å². The Labute approximate surface area is 135 Å². The summed E-state index contributed by atoms with van der Waals surface area (Å²) < 4.78 is 19.0. The van der Waals surface area contributed by atoms with Crippen molar-refractivity contribution in [1.82, 2.24) is 9.88 Å². The van der Waals surface area contributed by atoms with Crippen molar-refractivity contribution in [1.29, 1.82) is 0 Å². The molecule has 0 unspecified atom stereocenters. The summed E-state index contributed by atoms with van der Waals surface area (Å²) in [6.07, 6.45) is 4.21. The molecule has 0 aliphatic heterocycles. The zero-order valence-electron chi connectivity index (χ0n) is 13.6. The molecule has 1 heterocycles. The van der Waals surface area contributed by atoms with Crippen LogP contribution >= 0.6 is 0 Å². The van der Waals surface area contributed by atoms with Crippen molar-refractivity contribution in [2.75, 3.05) is 7.11 Å². The van der Waals surface area contributed by atoms with Gasteiger partial charge in [-0.05, 0) is 37.1 Å². The van der Waals surface area contributed by atoms with E-state index in [1.165, 1.54) is 19.2 Å². The SMILES string of the molecule is CC[C@H](C)N(Cc1cccnc1)C(=O)c1cccc(F)c1OC. The first-order valence-corrected chi connectivity index (χ1v) is 7.60. The van der Waals surface area contributed by atoms with E-state index in [0.29, 0.717) is 6.54 Å². The number of rotatable bonds is 6. The van der Waals surface area contributed by atoms with E-state index in [9.17, 15) is 9.18 Å². The summed E-state index contributed by atoms with van der Waals surface area (Å²) in [4.78, 5) is 18.7. The second kappa shape index (κ2) is 7.72. The molecule has 0 saturated heterocycles. The number of methoxy groups -OCH3 is 1. The standard InChI is InChI=1S/C18H21FN2O2/c1-4-13(2)21(12-14-7-6-10-20-11-14)18(22)15-8-5-9-16(19)17(15)23-3/h5-11,13H,4,12H2,1-3H3/t13-/m0/s1. The van der Waals surface area contributed by atoms with E-state index in [4.69, 9.17) is 4.74 Å². The Morgan fingerprint density at radius 1 is 1.35 bits per heavy atom. The van der Waals surface area contributed by atoms with E-state index >= 15 is 0 Å². The summed E-state index contributed by atoms with van der Waals surface area (Å²) in [5, 5.41) is 0. The van der Waals surface area contributed by atoms with Gasteiger partial charge in [0.1, 0.15) is 0 Å². The number of hydrogen-bond acceptors (Lipinski definition) is 3. The summed E-state index contributed by atoms with van der Waals surface area (Å²) in [6, 6.07) is 8.14. The van der Waals surface area contributed by atoms with Gasteiger partial charge in [-0.25, -0.2) is 4.39 Å². The Morgan fingerprint density at radius 2 is 2.13 bits per heavy atom. The Balaban J connectivity index is 2.36. The highest BCUT2D eigenvalue weighted by Gasteiger charge is 2.25. The van der Waals surface area contributed by atoms with Crippen molar-refractivity contribution >= 4 is 5.91 Å². The number of carbonyl (C=O) groups excluding carboxylic acids is 1. The number of halogens is 1. The number of hydrogen-bond donors (Lipinski definition) is 0. The van der Waals surface area contributed by atoms with Crippen LogP contribution in [0.15, 0.2) is 42.7 Å². The molecule has 23 heavy (non-hydrogen) atoms. The van der Waals surface area contributed by atoms with Crippen LogP contribution in [-0.2, 0) is 6.54 Å². The maximum Gasteiger partial charge on any atom is 0.258 e. The van der Waals surface area contributed by atoms with Crippen molar-refractivity contribution in [3.63, 3.8) is 0 Å². The van der Waals surface area contributed by atoms with Gasteiger partial charge in [-0.3, -0.25) is 9.78 Å². The van der Waals surface area contributed by atoms with Gasteiger partial charge in [0.25, 0.3) is 5.91 Å². The van der Waals surface area contributed by atoms with Crippen LogP contribution in [0.5, 0.6) is 5.75 Å². The maximum atomic E-state index is 13.9. The molecular weight excluding hydrogens is 295 g/mol. The van der Waals surface area contributed by atoms with Crippen molar-refractivity contribution in [2.24, 2.45) is 0 Å². The monoisotopic (exact) mass is 316 g/mol. The molecular formula is C18H21FN2O2. The van der Waals surface area contributed by atoms with Gasteiger partial charge in [0.05, 0.1) is 12.7 Å². The highest BCUT2D eigenvalue weighted by atomic mass is 19.1. The summed E-state index contributed by atoms with van der Waals surface area (Å²) in [5.41, 5.74) is 1.16. The van der Waals surface area contributed by atoms with Crippen LogP contribution in [0.4, 0.5) is 4.39 Å². The second-order valence-electron chi connectivity index (χ2n) is 5.37. The number of ether oxygens (including phenoxy) is 1. The topological polar surface area (TPSA) is 42.4 Å². The quantitative estimate of drug-likeness (QED) is 0.816. The second-order valence-corrected chi connectivity index (χ2v) is 5.37. The first-order chi connectivity index (χ1) is 11.1. The van der Waals surface area contributed by atoms with E-state index in [2.05, 4.69) is 4.98 Å². The lowest BCUT2D eigenvalue weighted by atomic mass is 10.1. The highest BCUT2D eigenvalue weighted by Crippen LogP contribution is 2.25. The zero-order valence-corrected chi connectivity index (χ0v) is 13.6. The summed E-state index contributed by atoms with van der Waals surface area (Å²) >= 11 is 0. The molecule has 5 heteroatoms. The number of carbonyl (C=O) groups is 1. The molecule has 0 aliphatic carbocycles. The Morgan fingerprint density at radius 3 is 2.74 bits per heavy atom. The third kappa shape index (κ3) is 3.86. The van der Waals surface area contributed by atoms with Crippen molar-refractivity contribution in [2.45, 2.75) is 32.9 Å². The molecule has 1 atom stereocenters. The lowest BCUT2D eigenvalue weighted by Gasteiger charge is -2.29. The molecule has 4 nitrogen and oxygen atoms in total. The van der Waals surface area contributed by atoms with E-state index in [1.54, 1.807) is 23.4 Å². The summed E-state index contributed by atoms with van der Waals surface area (Å²) in [6.45, 7) is 4.40. The number of nitrogens with zero attached hydrogens (tertiary/aromatic N) is 2. The maximum absolute atomic E-state index is 13.9. The minimum Gasteiger partial charge on any atom is -0.493 e. The Kier molecular flexibility index (Phi) is 5.68. The van der Waals surface area contributed by atoms with Gasteiger partial charge in [0.2, 0.25) is 0 Å². The Bertz CT molecular complexity index is 661. The van der Waals surface area contributed by atoms with Crippen LogP contribution in [0.25, 0.3) is 0 Å². The average molecular weight is 316 g/mol. The van der Waals surface area contributed by atoms with E-state index in [0.717, 1.165) is 12.0 Å². The van der Waals surface area contributed by atoms with Gasteiger partial charge in [-0.2, -0.15) is 0 Å². The fourth-order valence-corrected chi connectivity index (χ4v) is 2.38. The van der Waals surface area contributed by atoms with E-state index in [-0.39, 0.29) is 23.3 Å². The molecule has 1 amide bonds. The molecule has 0 spiro atoms.